The number of rotatable bonds is 1. The fourth-order valence-corrected chi connectivity index (χ4v) is 1.86. The van der Waals surface area contributed by atoms with Crippen molar-refractivity contribution >= 4 is 0 Å². The second kappa shape index (κ2) is 2.93. The molecule has 0 unspecified atom stereocenters. The van der Waals surface area contributed by atoms with Crippen LogP contribution >= 0.6 is 0 Å². The minimum absolute atomic E-state index is 0.169. The van der Waals surface area contributed by atoms with E-state index in [1.807, 2.05) is 0 Å². The topological polar surface area (TPSA) is 25.8 Å². The highest BCUT2D eigenvalue weighted by atomic mass is 19.4. The van der Waals surface area contributed by atoms with Crippen molar-refractivity contribution in [2.45, 2.75) is 38.3 Å². The van der Waals surface area contributed by atoms with Crippen molar-refractivity contribution in [1.29, 1.82) is 0 Å². The number of aryl methyl sites for hydroxylation is 2. The molecule has 1 fully saturated rings. The first-order chi connectivity index (χ1) is 6.87. The average molecular weight is 216 g/mol. The number of hydrogen-bond acceptors (Lipinski definition) is 2. The highest BCUT2D eigenvalue weighted by molar-refractivity contribution is 5.36. The predicted octanol–water partition coefficient (Wildman–Crippen LogP) is 2.69. The largest absolute Gasteiger partial charge is 0.398 e. The molecule has 1 saturated carbocycles. The number of alkyl halides is 3. The molecule has 0 aliphatic heterocycles. The summed E-state index contributed by atoms with van der Waals surface area (Å²) in [5, 5.41) is 7.49. The number of aromatic nitrogens is 2. The lowest BCUT2D eigenvalue weighted by Gasteiger charge is -2.20. The maximum absolute atomic E-state index is 12.8. The molecule has 0 N–H and O–H groups in total. The lowest BCUT2D eigenvalue weighted by molar-refractivity contribution is -0.160. The van der Waals surface area contributed by atoms with Crippen molar-refractivity contribution in [1.82, 2.24) is 10.2 Å². The van der Waals surface area contributed by atoms with Gasteiger partial charge in [0.1, 0.15) is 0 Å². The highest BCUT2D eigenvalue weighted by Crippen LogP contribution is 2.59. The summed E-state index contributed by atoms with van der Waals surface area (Å²) in [4.78, 5) is 0. The van der Waals surface area contributed by atoms with Gasteiger partial charge in [-0.15, -0.1) is 0 Å². The summed E-state index contributed by atoms with van der Waals surface area (Å²) in [7, 11) is 0. The van der Waals surface area contributed by atoms with Gasteiger partial charge in [-0.2, -0.15) is 23.4 Å². The summed E-state index contributed by atoms with van der Waals surface area (Å²) in [6.07, 6.45) is -3.84. The third-order valence-electron chi connectivity index (χ3n) is 2.91. The zero-order valence-corrected chi connectivity index (χ0v) is 8.52. The Bertz CT molecular complexity index is 394. The summed E-state index contributed by atoms with van der Waals surface area (Å²) in [6, 6.07) is 1.50. The predicted molar refractivity (Wildman–Crippen MR) is 48.5 cm³/mol. The van der Waals surface area contributed by atoms with Crippen LogP contribution in [0.2, 0.25) is 0 Å². The molecule has 0 amide bonds. The quantitative estimate of drug-likeness (QED) is 0.721. The second-order valence-corrected chi connectivity index (χ2v) is 4.06. The first-order valence-electron chi connectivity index (χ1n) is 4.75. The summed E-state index contributed by atoms with van der Waals surface area (Å²) in [6.45, 7) is 3.23. The number of halogens is 3. The Morgan fingerprint density at radius 3 is 2.27 bits per heavy atom. The van der Waals surface area contributed by atoms with Crippen LogP contribution < -0.4 is 0 Å². The van der Waals surface area contributed by atoms with Gasteiger partial charge in [-0.1, -0.05) is 0 Å². The SMILES string of the molecule is Cc1cc(C2(C(F)(F)F)CC2)c(C)nn1. The molecule has 0 spiro atoms. The molecule has 15 heavy (non-hydrogen) atoms. The van der Waals surface area contributed by atoms with Crippen molar-refractivity contribution < 1.29 is 13.2 Å². The van der Waals surface area contributed by atoms with Crippen molar-refractivity contribution in [2.24, 2.45) is 0 Å². The van der Waals surface area contributed by atoms with Gasteiger partial charge in [-0.05, 0) is 38.3 Å². The van der Waals surface area contributed by atoms with Gasteiger partial charge in [0.2, 0.25) is 0 Å². The van der Waals surface area contributed by atoms with Crippen LogP contribution in [0.1, 0.15) is 29.8 Å². The van der Waals surface area contributed by atoms with Gasteiger partial charge in [-0.3, -0.25) is 0 Å². The van der Waals surface area contributed by atoms with E-state index in [0.717, 1.165) is 0 Å². The zero-order valence-electron chi connectivity index (χ0n) is 8.52. The Morgan fingerprint density at radius 2 is 1.80 bits per heavy atom. The Balaban J connectivity index is 2.50. The standard InChI is InChI=1S/C10H11F3N2/c1-6-5-8(7(2)15-14-6)9(3-4-9)10(11,12)13/h5H,3-4H2,1-2H3. The number of hydrogen-bond donors (Lipinski definition) is 0. The van der Waals surface area contributed by atoms with Gasteiger partial charge in [0.05, 0.1) is 16.8 Å². The summed E-state index contributed by atoms with van der Waals surface area (Å²) < 4.78 is 38.5. The molecule has 1 aliphatic rings. The van der Waals surface area contributed by atoms with Crippen molar-refractivity contribution in [3.8, 4) is 0 Å². The van der Waals surface area contributed by atoms with E-state index < -0.39 is 11.6 Å². The number of nitrogens with zero attached hydrogens (tertiary/aromatic N) is 2. The van der Waals surface area contributed by atoms with E-state index in [0.29, 0.717) is 17.0 Å². The normalized spacial score (nSPS) is 19.0. The minimum atomic E-state index is -4.17. The molecule has 0 atom stereocenters. The van der Waals surface area contributed by atoms with Crippen LogP contribution in [-0.2, 0) is 5.41 Å². The lowest BCUT2D eigenvalue weighted by atomic mass is 9.94. The van der Waals surface area contributed by atoms with Crippen molar-refractivity contribution in [3.05, 3.63) is 23.0 Å². The molecule has 0 saturated heterocycles. The third kappa shape index (κ3) is 1.50. The molecule has 82 valence electrons. The van der Waals surface area contributed by atoms with Gasteiger partial charge in [0.25, 0.3) is 0 Å². The van der Waals surface area contributed by atoms with Crippen LogP contribution in [0.3, 0.4) is 0 Å². The van der Waals surface area contributed by atoms with E-state index in [1.165, 1.54) is 6.07 Å². The van der Waals surface area contributed by atoms with Crippen LogP contribution in [0.5, 0.6) is 0 Å². The van der Waals surface area contributed by atoms with E-state index in [2.05, 4.69) is 10.2 Å². The van der Waals surface area contributed by atoms with E-state index in [1.54, 1.807) is 13.8 Å². The zero-order chi connectivity index (χ0) is 11.3. The van der Waals surface area contributed by atoms with Crippen molar-refractivity contribution in [3.63, 3.8) is 0 Å². The monoisotopic (exact) mass is 216 g/mol. The first kappa shape index (κ1) is 10.4. The van der Waals surface area contributed by atoms with Crippen LogP contribution in [0.25, 0.3) is 0 Å². The maximum Gasteiger partial charge on any atom is 0.398 e. The smallest absolute Gasteiger partial charge is 0.170 e. The Hall–Kier alpha value is -1.13. The molecular formula is C10H11F3N2. The molecular weight excluding hydrogens is 205 g/mol. The molecule has 0 radical (unpaired) electrons. The van der Waals surface area contributed by atoms with Gasteiger partial charge in [0.15, 0.2) is 0 Å². The first-order valence-corrected chi connectivity index (χ1v) is 4.75. The molecule has 1 aromatic rings. The second-order valence-electron chi connectivity index (χ2n) is 4.06. The van der Waals surface area contributed by atoms with Gasteiger partial charge >= 0.3 is 6.18 Å². The average Bonchev–Trinajstić information content (AvgIpc) is 2.88. The third-order valence-corrected chi connectivity index (χ3v) is 2.91. The van der Waals surface area contributed by atoms with E-state index in [9.17, 15) is 13.2 Å². The summed E-state index contributed by atoms with van der Waals surface area (Å²) >= 11 is 0. The fourth-order valence-electron chi connectivity index (χ4n) is 1.86. The van der Waals surface area contributed by atoms with Gasteiger partial charge < -0.3 is 0 Å². The minimum Gasteiger partial charge on any atom is -0.170 e. The van der Waals surface area contributed by atoms with E-state index in [4.69, 9.17) is 0 Å². The molecule has 0 aromatic carbocycles. The fraction of sp³-hybridized carbons (Fsp3) is 0.600. The molecule has 2 rings (SSSR count). The molecule has 2 nitrogen and oxygen atoms in total. The van der Waals surface area contributed by atoms with Gasteiger partial charge in [-0.25, -0.2) is 0 Å². The molecule has 1 heterocycles. The van der Waals surface area contributed by atoms with Crippen LogP contribution in [0.15, 0.2) is 6.07 Å². The lowest BCUT2D eigenvalue weighted by Crippen LogP contribution is -2.30. The molecule has 5 heteroatoms. The molecule has 1 aliphatic carbocycles. The van der Waals surface area contributed by atoms with E-state index in [-0.39, 0.29) is 12.8 Å². The Kier molecular flexibility index (Phi) is 2.03. The molecule has 0 bridgehead atoms. The Labute approximate surface area is 85.5 Å². The van der Waals surface area contributed by atoms with Gasteiger partial charge in [0, 0.05) is 0 Å². The maximum atomic E-state index is 12.8. The summed E-state index contributed by atoms with van der Waals surface area (Å²) in [5.74, 6) is 0. The van der Waals surface area contributed by atoms with Crippen molar-refractivity contribution in [2.75, 3.05) is 0 Å². The summed E-state index contributed by atoms with van der Waals surface area (Å²) in [5.41, 5.74) is -0.429. The van der Waals surface area contributed by atoms with E-state index >= 15 is 0 Å². The highest BCUT2D eigenvalue weighted by Gasteiger charge is 2.64. The Morgan fingerprint density at radius 1 is 1.20 bits per heavy atom. The van der Waals surface area contributed by atoms with Crippen LogP contribution in [0, 0.1) is 13.8 Å². The van der Waals surface area contributed by atoms with Crippen LogP contribution in [0.4, 0.5) is 13.2 Å². The van der Waals surface area contributed by atoms with Crippen LogP contribution in [-0.4, -0.2) is 16.4 Å². The molecule has 1 aromatic heterocycles.